The van der Waals surface area contributed by atoms with Gasteiger partial charge in [0, 0.05) is 24.4 Å². The number of furan rings is 1. The van der Waals surface area contributed by atoms with Gasteiger partial charge in [-0.05, 0) is 35.4 Å². The fourth-order valence-corrected chi connectivity index (χ4v) is 2.49. The molecule has 2 N–H and O–H groups in total. The molecule has 0 saturated heterocycles. The molecule has 2 amide bonds. The Bertz CT molecular complexity index is 964. The van der Waals surface area contributed by atoms with Crippen LogP contribution in [-0.2, 0) is 17.8 Å². The molecular formula is C20H17N3O5. The van der Waals surface area contributed by atoms with Gasteiger partial charge in [0.1, 0.15) is 0 Å². The minimum atomic E-state index is -0.482. The van der Waals surface area contributed by atoms with Crippen molar-refractivity contribution in [1.29, 1.82) is 0 Å². The smallest absolute Gasteiger partial charge is 0.291 e. The van der Waals surface area contributed by atoms with E-state index in [1.54, 1.807) is 48.5 Å². The Labute approximate surface area is 160 Å². The second-order valence-electron chi connectivity index (χ2n) is 6.01. The highest BCUT2D eigenvalue weighted by atomic mass is 16.6. The number of hydrogen-bond donors (Lipinski definition) is 2. The number of nitro groups is 1. The van der Waals surface area contributed by atoms with E-state index >= 15 is 0 Å². The van der Waals surface area contributed by atoms with E-state index in [1.165, 1.54) is 18.4 Å². The molecule has 1 aromatic heterocycles. The van der Waals surface area contributed by atoms with Crippen LogP contribution in [0.15, 0.2) is 71.3 Å². The molecule has 2 aromatic carbocycles. The van der Waals surface area contributed by atoms with E-state index in [-0.39, 0.29) is 29.7 Å². The second kappa shape index (κ2) is 8.63. The Morgan fingerprint density at radius 3 is 2.25 bits per heavy atom. The lowest BCUT2D eigenvalue weighted by atomic mass is 10.1. The SMILES string of the molecule is O=C(Cc1ccc([N+](=O)[O-])cc1)NCc1ccc(NC(=O)c2ccco2)cc1. The highest BCUT2D eigenvalue weighted by Crippen LogP contribution is 2.13. The van der Waals surface area contributed by atoms with Crippen LogP contribution in [0.1, 0.15) is 21.7 Å². The van der Waals surface area contributed by atoms with Crippen LogP contribution in [-0.4, -0.2) is 16.7 Å². The maximum atomic E-state index is 12.0. The van der Waals surface area contributed by atoms with Crippen LogP contribution in [0.2, 0.25) is 0 Å². The lowest BCUT2D eigenvalue weighted by Crippen LogP contribution is -2.24. The molecular weight excluding hydrogens is 362 g/mol. The molecule has 8 nitrogen and oxygen atoms in total. The third-order valence-electron chi connectivity index (χ3n) is 3.96. The number of nitrogens with one attached hydrogen (secondary N) is 2. The number of non-ortho nitro benzene ring substituents is 1. The maximum absolute atomic E-state index is 12.0. The van der Waals surface area contributed by atoms with Gasteiger partial charge in [0.25, 0.3) is 11.6 Å². The Balaban J connectivity index is 1.48. The van der Waals surface area contributed by atoms with Crippen LogP contribution >= 0.6 is 0 Å². The molecule has 0 radical (unpaired) electrons. The highest BCUT2D eigenvalue weighted by molar-refractivity contribution is 6.02. The summed E-state index contributed by atoms with van der Waals surface area (Å²) in [4.78, 5) is 34.1. The molecule has 3 aromatic rings. The van der Waals surface area contributed by atoms with E-state index in [2.05, 4.69) is 10.6 Å². The van der Waals surface area contributed by atoms with Crippen molar-refractivity contribution in [2.24, 2.45) is 0 Å². The molecule has 0 bridgehead atoms. The number of nitro benzene ring substituents is 1. The standard InChI is InChI=1S/C20H17N3O5/c24-19(12-14-5-9-17(10-6-14)23(26)27)21-13-15-3-7-16(8-4-15)22-20(25)18-2-1-11-28-18/h1-11H,12-13H2,(H,21,24)(H,22,25). The minimum Gasteiger partial charge on any atom is -0.459 e. The summed E-state index contributed by atoms with van der Waals surface area (Å²) in [6, 6.07) is 16.1. The third-order valence-corrected chi connectivity index (χ3v) is 3.96. The van der Waals surface area contributed by atoms with E-state index in [1.807, 2.05) is 0 Å². The molecule has 0 spiro atoms. The van der Waals surface area contributed by atoms with Crippen molar-refractivity contribution < 1.29 is 18.9 Å². The lowest BCUT2D eigenvalue weighted by Gasteiger charge is -2.07. The zero-order chi connectivity index (χ0) is 19.9. The summed E-state index contributed by atoms with van der Waals surface area (Å²) in [5.41, 5.74) is 2.16. The number of carbonyl (C=O) groups excluding carboxylic acids is 2. The van der Waals surface area contributed by atoms with Crippen molar-refractivity contribution in [3.05, 3.63) is 93.9 Å². The zero-order valence-corrected chi connectivity index (χ0v) is 14.8. The Morgan fingerprint density at radius 1 is 0.964 bits per heavy atom. The van der Waals surface area contributed by atoms with Gasteiger partial charge in [-0.1, -0.05) is 24.3 Å². The molecule has 3 rings (SSSR count). The third kappa shape index (κ3) is 5.04. The predicted molar refractivity (Wildman–Crippen MR) is 102 cm³/mol. The van der Waals surface area contributed by atoms with Crippen LogP contribution in [0.4, 0.5) is 11.4 Å². The second-order valence-corrected chi connectivity index (χ2v) is 6.01. The van der Waals surface area contributed by atoms with Crippen LogP contribution in [0.5, 0.6) is 0 Å². The first kappa shape index (κ1) is 18.8. The summed E-state index contributed by atoms with van der Waals surface area (Å²) in [5, 5.41) is 16.1. The van der Waals surface area contributed by atoms with Gasteiger partial charge in [-0.2, -0.15) is 0 Å². The fraction of sp³-hybridized carbons (Fsp3) is 0.100. The zero-order valence-electron chi connectivity index (χ0n) is 14.8. The first-order chi connectivity index (χ1) is 13.5. The maximum Gasteiger partial charge on any atom is 0.291 e. The first-order valence-electron chi connectivity index (χ1n) is 8.45. The van der Waals surface area contributed by atoms with E-state index in [9.17, 15) is 19.7 Å². The first-order valence-corrected chi connectivity index (χ1v) is 8.45. The molecule has 0 aliphatic heterocycles. The monoisotopic (exact) mass is 379 g/mol. The predicted octanol–water partition coefficient (Wildman–Crippen LogP) is 3.30. The average Bonchev–Trinajstić information content (AvgIpc) is 3.23. The number of benzene rings is 2. The van der Waals surface area contributed by atoms with Crippen molar-refractivity contribution in [2.75, 3.05) is 5.32 Å². The molecule has 1 heterocycles. The number of amides is 2. The average molecular weight is 379 g/mol. The molecule has 28 heavy (non-hydrogen) atoms. The van der Waals surface area contributed by atoms with Crippen molar-refractivity contribution in [1.82, 2.24) is 5.32 Å². The summed E-state index contributed by atoms with van der Waals surface area (Å²) in [7, 11) is 0. The number of anilines is 1. The minimum absolute atomic E-state index is 0.0108. The van der Waals surface area contributed by atoms with Gasteiger partial charge in [-0.3, -0.25) is 19.7 Å². The fourth-order valence-electron chi connectivity index (χ4n) is 2.49. The van der Waals surface area contributed by atoms with Gasteiger partial charge in [-0.25, -0.2) is 0 Å². The van der Waals surface area contributed by atoms with Crippen molar-refractivity contribution >= 4 is 23.2 Å². The van der Waals surface area contributed by atoms with E-state index in [4.69, 9.17) is 4.42 Å². The van der Waals surface area contributed by atoms with Gasteiger partial charge >= 0.3 is 0 Å². The largest absolute Gasteiger partial charge is 0.459 e. The molecule has 0 unspecified atom stereocenters. The van der Waals surface area contributed by atoms with Gasteiger partial charge in [0.15, 0.2) is 5.76 Å². The van der Waals surface area contributed by atoms with Gasteiger partial charge in [-0.15, -0.1) is 0 Å². The van der Waals surface area contributed by atoms with Gasteiger partial charge in [0.2, 0.25) is 5.91 Å². The number of rotatable bonds is 7. The van der Waals surface area contributed by atoms with Crippen molar-refractivity contribution in [2.45, 2.75) is 13.0 Å². The van der Waals surface area contributed by atoms with Gasteiger partial charge in [0.05, 0.1) is 17.6 Å². The summed E-state index contributed by atoms with van der Waals surface area (Å²) in [5.74, 6) is -0.305. The number of hydrogen-bond acceptors (Lipinski definition) is 5. The summed E-state index contributed by atoms with van der Waals surface area (Å²) >= 11 is 0. The van der Waals surface area contributed by atoms with Crippen LogP contribution in [0, 0.1) is 10.1 Å². The summed E-state index contributed by atoms with van der Waals surface area (Å²) in [6.07, 6.45) is 1.56. The molecule has 8 heteroatoms. The Morgan fingerprint density at radius 2 is 1.64 bits per heavy atom. The van der Waals surface area contributed by atoms with Crippen LogP contribution in [0.3, 0.4) is 0 Å². The highest BCUT2D eigenvalue weighted by Gasteiger charge is 2.09. The Kier molecular flexibility index (Phi) is 5.81. The Hall–Kier alpha value is -3.94. The molecule has 142 valence electrons. The lowest BCUT2D eigenvalue weighted by molar-refractivity contribution is -0.384. The number of carbonyl (C=O) groups is 2. The van der Waals surface area contributed by atoms with Gasteiger partial charge < -0.3 is 15.1 Å². The van der Waals surface area contributed by atoms with Crippen molar-refractivity contribution in [3.8, 4) is 0 Å². The van der Waals surface area contributed by atoms with E-state index in [0.717, 1.165) is 5.56 Å². The summed E-state index contributed by atoms with van der Waals surface area (Å²) in [6.45, 7) is 0.332. The van der Waals surface area contributed by atoms with Crippen LogP contribution < -0.4 is 10.6 Å². The molecule has 0 aliphatic carbocycles. The molecule has 0 atom stereocenters. The van der Waals surface area contributed by atoms with Crippen molar-refractivity contribution in [3.63, 3.8) is 0 Å². The summed E-state index contributed by atoms with van der Waals surface area (Å²) < 4.78 is 5.03. The van der Waals surface area contributed by atoms with E-state index in [0.29, 0.717) is 17.8 Å². The molecule has 0 saturated carbocycles. The normalized spacial score (nSPS) is 10.3. The topological polar surface area (TPSA) is 114 Å². The number of nitrogens with zero attached hydrogens (tertiary/aromatic N) is 1. The quantitative estimate of drug-likeness (QED) is 0.483. The molecule has 0 aliphatic rings. The van der Waals surface area contributed by atoms with E-state index < -0.39 is 4.92 Å². The van der Waals surface area contributed by atoms with Crippen LogP contribution in [0.25, 0.3) is 0 Å². The molecule has 0 fully saturated rings.